The minimum atomic E-state index is -0.985. The molecule has 3 nitrogen and oxygen atoms in total. The number of thioether (sulfide) groups is 1. The summed E-state index contributed by atoms with van der Waals surface area (Å²) in [5, 5.41) is 18.4. The van der Waals surface area contributed by atoms with E-state index >= 15 is 0 Å². The van der Waals surface area contributed by atoms with Gasteiger partial charge in [-0.05, 0) is 24.6 Å². The van der Waals surface area contributed by atoms with Crippen LogP contribution in [0, 0.1) is 0 Å². The largest absolute Gasteiger partial charge is 0.478 e. The molecule has 0 aromatic heterocycles. The van der Waals surface area contributed by atoms with E-state index in [1.165, 1.54) is 17.8 Å². The second kappa shape index (κ2) is 6.13. The molecule has 0 aliphatic heterocycles. The fraction of sp³-hybridized carbons (Fsp3) is 0.364. The second-order valence-corrected chi connectivity index (χ2v) is 5.30. The molecule has 88 valence electrons. The number of carboxylic acid groups (broad SMARTS) is 1. The Hall–Kier alpha value is -0.710. The normalized spacial score (nSPS) is 12.4. The van der Waals surface area contributed by atoms with Crippen molar-refractivity contribution in [1.29, 1.82) is 0 Å². The van der Waals surface area contributed by atoms with E-state index < -0.39 is 5.97 Å². The van der Waals surface area contributed by atoms with Crippen LogP contribution >= 0.6 is 23.4 Å². The van der Waals surface area contributed by atoms with Crippen LogP contribution in [-0.2, 0) is 0 Å². The Bertz CT molecular complexity index is 381. The molecule has 0 saturated carbocycles. The van der Waals surface area contributed by atoms with Gasteiger partial charge in [0.25, 0.3) is 0 Å². The van der Waals surface area contributed by atoms with Crippen LogP contribution in [0.2, 0.25) is 5.02 Å². The average Bonchev–Trinajstić information content (AvgIpc) is 2.20. The van der Waals surface area contributed by atoms with Crippen molar-refractivity contribution in [1.82, 2.24) is 0 Å². The van der Waals surface area contributed by atoms with Crippen LogP contribution < -0.4 is 0 Å². The van der Waals surface area contributed by atoms with Gasteiger partial charge in [0.05, 0.1) is 5.56 Å². The van der Waals surface area contributed by atoms with Gasteiger partial charge in [0, 0.05) is 21.8 Å². The number of aliphatic hydroxyl groups is 1. The van der Waals surface area contributed by atoms with Gasteiger partial charge in [0.15, 0.2) is 0 Å². The minimum absolute atomic E-state index is 0.101. The predicted molar refractivity (Wildman–Crippen MR) is 65.4 cm³/mol. The second-order valence-electron chi connectivity index (χ2n) is 3.39. The third-order valence-corrected chi connectivity index (χ3v) is 3.52. The van der Waals surface area contributed by atoms with Crippen molar-refractivity contribution in [3.63, 3.8) is 0 Å². The van der Waals surface area contributed by atoms with Gasteiger partial charge in [-0.25, -0.2) is 4.79 Å². The molecule has 1 atom stereocenters. The number of aromatic carboxylic acids is 1. The number of carbonyl (C=O) groups is 1. The van der Waals surface area contributed by atoms with Crippen LogP contribution in [0.5, 0.6) is 0 Å². The Balaban J connectivity index is 2.90. The Morgan fingerprint density at radius 1 is 1.56 bits per heavy atom. The van der Waals surface area contributed by atoms with Gasteiger partial charge < -0.3 is 10.2 Å². The first-order valence-electron chi connectivity index (χ1n) is 4.85. The van der Waals surface area contributed by atoms with Crippen LogP contribution in [0.25, 0.3) is 0 Å². The molecular formula is C11H13ClO3S. The summed E-state index contributed by atoms with van der Waals surface area (Å²) in [6, 6.07) is 4.81. The molecule has 0 bridgehead atoms. The molecule has 0 spiro atoms. The maximum atomic E-state index is 11.0. The van der Waals surface area contributed by atoms with Gasteiger partial charge in [-0.2, -0.15) is 0 Å². The smallest absolute Gasteiger partial charge is 0.336 e. The molecule has 0 aliphatic rings. The van der Waals surface area contributed by atoms with Crippen molar-refractivity contribution in [3.8, 4) is 0 Å². The molecule has 16 heavy (non-hydrogen) atoms. The van der Waals surface area contributed by atoms with Gasteiger partial charge >= 0.3 is 5.97 Å². The fourth-order valence-electron chi connectivity index (χ4n) is 1.23. The van der Waals surface area contributed by atoms with Crippen LogP contribution in [0.15, 0.2) is 23.1 Å². The fourth-order valence-corrected chi connectivity index (χ4v) is 2.48. The summed E-state index contributed by atoms with van der Waals surface area (Å²) in [6.07, 6.45) is 0.631. The predicted octanol–water partition coefficient (Wildman–Crippen LogP) is 2.90. The lowest BCUT2D eigenvalue weighted by atomic mass is 10.2. The zero-order valence-electron chi connectivity index (χ0n) is 8.81. The zero-order chi connectivity index (χ0) is 12.1. The number of benzene rings is 1. The lowest BCUT2D eigenvalue weighted by Gasteiger charge is -2.11. The SMILES string of the molecule is CC(CCO)Sc1ccc(Cl)cc1C(=O)O. The molecule has 2 N–H and O–H groups in total. The Labute approximate surface area is 103 Å². The maximum absolute atomic E-state index is 11.0. The third kappa shape index (κ3) is 3.70. The zero-order valence-corrected chi connectivity index (χ0v) is 10.4. The first-order chi connectivity index (χ1) is 7.54. The van der Waals surface area contributed by atoms with Crippen LogP contribution in [0.4, 0.5) is 0 Å². The summed E-state index contributed by atoms with van der Waals surface area (Å²) in [5.74, 6) is -0.985. The van der Waals surface area contributed by atoms with Crippen molar-refractivity contribution in [2.45, 2.75) is 23.5 Å². The summed E-state index contributed by atoms with van der Waals surface area (Å²) in [6.45, 7) is 2.05. The lowest BCUT2D eigenvalue weighted by molar-refractivity contribution is 0.0693. The van der Waals surface area contributed by atoms with E-state index in [1.807, 2.05) is 6.92 Å². The molecule has 0 heterocycles. The van der Waals surface area contributed by atoms with Gasteiger partial charge in [-0.3, -0.25) is 0 Å². The minimum Gasteiger partial charge on any atom is -0.478 e. The molecule has 0 aliphatic carbocycles. The number of hydrogen-bond acceptors (Lipinski definition) is 3. The van der Waals surface area contributed by atoms with Gasteiger partial charge in [0.1, 0.15) is 0 Å². The van der Waals surface area contributed by atoms with E-state index in [9.17, 15) is 4.79 Å². The van der Waals surface area contributed by atoms with E-state index in [2.05, 4.69) is 0 Å². The Kier molecular flexibility index (Phi) is 5.12. The standard InChI is InChI=1S/C11H13ClO3S/c1-7(4-5-13)16-10-3-2-8(12)6-9(10)11(14)15/h2-3,6-7,13H,4-5H2,1H3,(H,14,15). The number of hydrogen-bond donors (Lipinski definition) is 2. The van der Waals surface area contributed by atoms with Crippen LogP contribution in [0.3, 0.4) is 0 Å². The van der Waals surface area contributed by atoms with Crippen molar-refractivity contribution >= 4 is 29.3 Å². The van der Waals surface area contributed by atoms with Crippen molar-refractivity contribution in [3.05, 3.63) is 28.8 Å². The van der Waals surface area contributed by atoms with Gasteiger partial charge in [0.2, 0.25) is 0 Å². The molecule has 1 unspecified atom stereocenters. The molecular weight excluding hydrogens is 248 g/mol. The Morgan fingerprint density at radius 3 is 2.81 bits per heavy atom. The topological polar surface area (TPSA) is 57.5 Å². The highest BCUT2D eigenvalue weighted by Gasteiger charge is 2.13. The van der Waals surface area contributed by atoms with Crippen molar-refractivity contribution < 1.29 is 15.0 Å². The van der Waals surface area contributed by atoms with E-state index in [-0.39, 0.29) is 17.4 Å². The van der Waals surface area contributed by atoms with Crippen LogP contribution in [0.1, 0.15) is 23.7 Å². The summed E-state index contributed by atoms with van der Waals surface area (Å²) >= 11 is 7.18. The van der Waals surface area contributed by atoms with E-state index in [0.29, 0.717) is 16.3 Å². The van der Waals surface area contributed by atoms with E-state index in [1.54, 1.807) is 12.1 Å². The molecule has 0 amide bonds. The first kappa shape index (κ1) is 13.4. The molecule has 1 aromatic rings. The van der Waals surface area contributed by atoms with Gasteiger partial charge in [-0.1, -0.05) is 18.5 Å². The maximum Gasteiger partial charge on any atom is 0.336 e. The summed E-state index contributed by atoms with van der Waals surface area (Å²) in [4.78, 5) is 11.7. The average molecular weight is 261 g/mol. The first-order valence-corrected chi connectivity index (χ1v) is 6.10. The monoisotopic (exact) mass is 260 g/mol. The number of carboxylic acids is 1. The van der Waals surface area contributed by atoms with E-state index in [0.717, 1.165) is 0 Å². The number of halogens is 1. The highest BCUT2D eigenvalue weighted by atomic mass is 35.5. The number of aliphatic hydroxyl groups excluding tert-OH is 1. The number of rotatable bonds is 5. The molecule has 0 saturated heterocycles. The highest BCUT2D eigenvalue weighted by Crippen LogP contribution is 2.30. The summed E-state index contributed by atoms with van der Waals surface area (Å²) in [7, 11) is 0. The molecule has 0 radical (unpaired) electrons. The molecule has 1 rings (SSSR count). The highest BCUT2D eigenvalue weighted by molar-refractivity contribution is 8.00. The molecule has 0 fully saturated rings. The summed E-state index contributed by atoms with van der Waals surface area (Å²) in [5.41, 5.74) is 0.210. The van der Waals surface area contributed by atoms with E-state index in [4.69, 9.17) is 21.8 Å². The molecule has 5 heteroatoms. The molecule has 1 aromatic carbocycles. The third-order valence-electron chi connectivity index (χ3n) is 2.04. The van der Waals surface area contributed by atoms with Crippen LogP contribution in [-0.4, -0.2) is 28.0 Å². The van der Waals surface area contributed by atoms with Crippen molar-refractivity contribution in [2.75, 3.05) is 6.61 Å². The van der Waals surface area contributed by atoms with Crippen molar-refractivity contribution in [2.24, 2.45) is 0 Å². The Morgan fingerprint density at radius 2 is 2.25 bits per heavy atom. The summed E-state index contributed by atoms with van der Waals surface area (Å²) < 4.78 is 0. The van der Waals surface area contributed by atoms with Gasteiger partial charge in [-0.15, -0.1) is 11.8 Å². The quantitative estimate of drug-likeness (QED) is 0.800. The lowest BCUT2D eigenvalue weighted by Crippen LogP contribution is -2.03.